The summed E-state index contributed by atoms with van der Waals surface area (Å²) in [6, 6.07) is 0. The third kappa shape index (κ3) is 1.55. The second kappa shape index (κ2) is 3.26. The maximum absolute atomic E-state index is 10.2. The molecule has 0 bridgehead atoms. The van der Waals surface area contributed by atoms with Gasteiger partial charge in [0, 0.05) is 6.42 Å². The second-order valence-corrected chi connectivity index (χ2v) is 4.19. The molecule has 13 heavy (non-hydrogen) atoms. The van der Waals surface area contributed by atoms with Crippen LogP contribution in [0.1, 0.15) is 38.5 Å². The zero-order valence-electron chi connectivity index (χ0n) is 7.83. The molecule has 1 N–H and O–H groups in total. The van der Waals surface area contributed by atoms with E-state index >= 15 is 0 Å². The lowest BCUT2D eigenvalue weighted by molar-refractivity contribution is -0.108. The highest BCUT2D eigenvalue weighted by Gasteiger charge is 2.54. The molecule has 72 valence electrons. The highest BCUT2D eigenvalue weighted by molar-refractivity contribution is 5.49. The predicted octanol–water partition coefficient (Wildman–Crippen LogP) is 1.83. The minimum absolute atomic E-state index is 0.363. The number of allylic oxidation sites excluding steroid dienone is 1. The first-order valence-corrected chi connectivity index (χ1v) is 5.13. The van der Waals surface area contributed by atoms with E-state index in [0.29, 0.717) is 12.3 Å². The average molecular weight is 180 g/mol. The molecule has 2 atom stereocenters. The number of carbonyl (C=O) groups is 1. The van der Waals surface area contributed by atoms with Crippen molar-refractivity contribution in [3.63, 3.8) is 0 Å². The van der Waals surface area contributed by atoms with Gasteiger partial charge in [0.25, 0.3) is 0 Å². The third-order valence-electron chi connectivity index (χ3n) is 3.30. The summed E-state index contributed by atoms with van der Waals surface area (Å²) in [5, 5.41) is 10.1. The number of aldehydes is 1. The largest absolute Gasteiger partial charge is 0.385 e. The molecule has 0 aromatic rings. The van der Waals surface area contributed by atoms with Gasteiger partial charge in [0.15, 0.2) is 0 Å². The summed E-state index contributed by atoms with van der Waals surface area (Å²) < 4.78 is 0. The van der Waals surface area contributed by atoms with Crippen LogP contribution in [0, 0.1) is 5.92 Å². The zero-order chi connectivity index (χ0) is 9.31. The minimum atomic E-state index is -0.500. The first-order chi connectivity index (χ1) is 6.27. The van der Waals surface area contributed by atoms with Crippen molar-refractivity contribution < 1.29 is 9.90 Å². The number of hydrogen-bond donors (Lipinski definition) is 1. The van der Waals surface area contributed by atoms with Gasteiger partial charge >= 0.3 is 0 Å². The minimum Gasteiger partial charge on any atom is -0.385 e. The normalized spacial score (nSPS) is 37.3. The van der Waals surface area contributed by atoms with E-state index in [4.69, 9.17) is 0 Å². The van der Waals surface area contributed by atoms with Gasteiger partial charge in [-0.2, -0.15) is 0 Å². The smallest absolute Gasteiger partial charge is 0.120 e. The number of aliphatic hydroxyl groups is 1. The van der Waals surface area contributed by atoms with Crippen molar-refractivity contribution in [2.75, 3.05) is 0 Å². The molecule has 0 spiro atoms. The Morgan fingerprint density at radius 1 is 1.69 bits per heavy atom. The lowest BCUT2D eigenvalue weighted by Crippen LogP contribution is -2.13. The van der Waals surface area contributed by atoms with E-state index in [0.717, 1.165) is 32.0 Å². The number of carbonyl (C=O) groups excluding carboxylic acids is 1. The van der Waals surface area contributed by atoms with E-state index in [1.165, 1.54) is 12.0 Å². The molecule has 0 unspecified atom stereocenters. The molecule has 0 aliphatic heterocycles. The van der Waals surface area contributed by atoms with Crippen LogP contribution in [0.4, 0.5) is 0 Å². The summed E-state index contributed by atoms with van der Waals surface area (Å²) in [5.41, 5.74) is 0.739. The van der Waals surface area contributed by atoms with Gasteiger partial charge in [0.1, 0.15) is 6.29 Å². The Hall–Kier alpha value is -0.630. The molecule has 0 saturated heterocycles. The van der Waals surface area contributed by atoms with E-state index in [-0.39, 0.29) is 0 Å². The zero-order valence-corrected chi connectivity index (χ0v) is 7.83. The van der Waals surface area contributed by atoms with Gasteiger partial charge < -0.3 is 9.90 Å². The van der Waals surface area contributed by atoms with Crippen LogP contribution >= 0.6 is 0 Å². The Kier molecular flexibility index (Phi) is 2.24. The van der Waals surface area contributed by atoms with Gasteiger partial charge in [0.05, 0.1) is 5.60 Å². The predicted molar refractivity (Wildman–Crippen MR) is 50.3 cm³/mol. The van der Waals surface area contributed by atoms with Crippen molar-refractivity contribution >= 4 is 6.29 Å². The molecule has 1 fully saturated rings. The summed E-state index contributed by atoms with van der Waals surface area (Å²) in [4.78, 5) is 10.2. The van der Waals surface area contributed by atoms with Crippen LogP contribution in [0.25, 0.3) is 0 Å². The molecule has 2 aliphatic carbocycles. The molecule has 0 radical (unpaired) electrons. The van der Waals surface area contributed by atoms with Gasteiger partial charge in [-0.15, -0.1) is 0 Å². The molecule has 0 aromatic heterocycles. The standard InChI is InChI=1S/C11H16O2/c12-7-3-6-10-8-11(10,13)9-4-1-2-5-9/h4,7,10,13H,1-3,5-6,8H2/t10-,11+/m1/s1. The highest BCUT2D eigenvalue weighted by Crippen LogP contribution is 2.53. The average Bonchev–Trinajstić information content (AvgIpc) is 2.61. The molecular formula is C11H16O2. The lowest BCUT2D eigenvalue weighted by Gasteiger charge is -2.11. The Morgan fingerprint density at radius 2 is 2.54 bits per heavy atom. The van der Waals surface area contributed by atoms with Crippen molar-refractivity contribution in [2.24, 2.45) is 5.92 Å². The first-order valence-electron chi connectivity index (χ1n) is 5.13. The SMILES string of the molecule is O=CCC[C@@H]1C[C@]1(O)C1=CCCC1. The molecule has 1 saturated carbocycles. The Morgan fingerprint density at radius 3 is 3.15 bits per heavy atom. The lowest BCUT2D eigenvalue weighted by atomic mass is 10.0. The van der Waals surface area contributed by atoms with E-state index in [1.54, 1.807) is 0 Å². The maximum atomic E-state index is 10.2. The summed E-state index contributed by atoms with van der Waals surface area (Å²) in [6.07, 6.45) is 8.84. The molecule has 0 heterocycles. The van der Waals surface area contributed by atoms with Crippen LogP contribution in [0.15, 0.2) is 11.6 Å². The molecule has 2 rings (SSSR count). The van der Waals surface area contributed by atoms with Gasteiger partial charge in [-0.25, -0.2) is 0 Å². The van der Waals surface area contributed by atoms with E-state index in [9.17, 15) is 9.90 Å². The van der Waals surface area contributed by atoms with Crippen molar-refractivity contribution in [3.8, 4) is 0 Å². The second-order valence-electron chi connectivity index (χ2n) is 4.19. The monoisotopic (exact) mass is 180 g/mol. The first kappa shape index (κ1) is 8.95. The summed E-state index contributed by atoms with van der Waals surface area (Å²) in [5.74, 6) is 0.363. The van der Waals surface area contributed by atoms with Crippen LogP contribution in [0.3, 0.4) is 0 Å². The summed E-state index contributed by atoms with van der Waals surface area (Å²) in [6.45, 7) is 0. The third-order valence-corrected chi connectivity index (χ3v) is 3.30. The van der Waals surface area contributed by atoms with Gasteiger partial charge in [-0.3, -0.25) is 0 Å². The molecule has 2 nitrogen and oxygen atoms in total. The topological polar surface area (TPSA) is 37.3 Å². The number of hydrogen-bond acceptors (Lipinski definition) is 2. The molecular weight excluding hydrogens is 164 g/mol. The van der Waals surface area contributed by atoms with Gasteiger partial charge in [-0.1, -0.05) is 6.08 Å². The van der Waals surface area contributed by atoms with E-state index in [2.05, 4.69) is 6.08 Å². The summed E-state index contributed by atoms with van der Waals surface area (Å²) in [7, 11) is 0. The quantitative estimate of drug-likeness (QED) is 0.529. The van der Waals surface area contributed by atoms with Gasteiger partial charge in [-0.05, 0) is 43.6 Å². The van der Waals surface area contributed by atoms with Crippen molar-refractivity contribution in [2.45, 2.75) is 44.1 Å². The van der Waals surface area contributed by atoms with Gasteiger partial charge in [0.2, 0.25) is 0 Å². The van der Waals surface area contributed by atoms with Crippen LogP contribution < -0.4 is 0 Å². The fourth-order valence-electron chi connectivity index (χ4n) is 2.38. The molecule has 2 aliphatic rings. The fraction of sp³-hybridized carbons (Fsp3) is 0.727. The van der Waals surface area contributed by atoms with Crippen molar-refractivity contribution in [1.82, 2.24) is 0 Å². The maximum Gasteiger partial charge on any atom is 0.120 e. The van der Waals surface area contributed by atoms with Crippen LogP contribution in [-0.2, 0) is 4.79 Å². The molecule has 2 heteroatoms. The van der Waals surface area contributed by atoms with E-state index < -0.39 is 5.60 Å². The van der Waals surface area contributed by atoms with E-state index in [1.807, 2.05) is 0 Å². The fourth-order valence-corrected chi connectivity index (χ4v) is 2.38. The van der Waals surface area contributed by atoms with Crippen molar-refractivity contribution in [3.05, 3.63) is 11.6 Å². The van der Waals surface area contributed by atoms with Crippen LogP contribution in [0.5, 0.6) is 0 Å². The Labute approximate surface area is 78.6 Å². The highest BCUT2D eigenvalue weighted by atomic mass is 16.3. The summed E-state index contributed by atoms with van der Waals surface area (Å²) >= 11 is 0. The molecule has 0 amide bonds. The van der Waals surface area contributed by atoms with Crippen LogP contribution in [0.2, 0.25) is 0 Å². The Balaban J connectivity index is 1.90. The van der Waals surface area contributed by atoms with Crippen molar-refractivity contribution in [1.29, 1.82) is 0 Å². The Bertz CT molecular complexity index is 244. The van der Waals surface area contributed by atoms with Crippen LogP contribution in [-0.4, -0.2) is 17.0 Å². The number of rotatable bonds is 4. The molecule has 0 aromatic carbocycles.